The van der Waals surface area contributed by atoms with E-state index in [2.05, 4.69) is 15.6 Å². The first kappa shape index (κ1) is 20.9. The highest BCUT2D eigenvalue weighted by Crippen LogP contribution is 2.18. The number of carbonyl (C=O) groups excluding carboxylic acids is 2. The van der Waals surface area contributed by atoms with Crippen LogP contribution in [0.5, 0.6) is 0 Å². The van der Waals surface area contributed by atoms with Crippen LogP contribution in [0.3, 0.4) is 0 Å². The highest BCUT2D eigenvalue weighted by atomic mass is 19.2. The van der Waals surface area contributed by atoms with Crippen molar-refractivity contribution in [2.24, 2.45) is 7.05 Å². The first-order valence-corrected chi connectivity index (χ1v) is 10.1. The molecule has 2 N–H and O–H groups in total. The van der Waals surface area contributed by atoms with Crippen LogP contribution in [0.1, 0.15) is 17.8 Å². The lowest BCUT2D eigenvalue weighted by atomic mass is 10.1. The first-order chi connectivity index (χ1) is 14.9. The SMILES string of the molecule is Cn1c(CNC(=O)CC2C(=O)NCCN2Cc2cccc(F)c2F)nc2ccccc21. The Bertz CT molecular complexity index is 1130. The lowest BCUT2D eigenvalue weighted by Gasteiger charge is -2.34. The van der Waals surface area contributed by atoms with Gasteiger partial charge >= 0.3 is 0 Å². The Labute approximate surface area is 178 Å². The fourth-order valence-electron chi connectivity index (χ4n) is 3.84. The largest absolute Gasteiger partial charge is 0.353 e. The monoisotopic (exact) mass is 427 g/mol. The van der Waals surface area contributed by atoms with Crippen LogP contribution in [-0.4, -0.2) is 45.4 Å². The average Bonchev–Trinajstić information content (AvgIpc) is 3.08. The highest BCUT2D eigenvalue weighted by molar-refractivity contribution is 5.88. The summed E-state index contributed by atoms with van der Waals surface area (Å²) in [7, 11) is 1.88. The maximum absolute atomic E-state index is 14.1. The zero-order chi connectivity index (χ0) is 22.0. The molecule has 1 atom stereocenters. The lowest BCUT2D eigenvalue weighted by Crippen LogP contribution is -2.56. The zero-order valence-electron chi connectivity index (χ0n) is 17.1. The van der Waals surface area contributed by atoms with Gasteiger partial charge in [0.05, 0.1) is 30.0 Å². The predicted molar refractivity (Wildman–Crippen MR) is 111 cm³/mol. The minimum absolute atomic E-state index is 0.0414. The number of fused-ring (bicyclic) bond motifs is 1. The van der Waals surface area contributed by atoms with Gasteiger partial charge in [0.25, 0.3) is 0 Å². The molecule has 0 spiro atoms. The Balaban J connectivity index is 1.42. The summed E-state index contributed by atoms with van der Waals surface area (Å²) in [5.41, 5.74) is 1.95. The molecule has 31 heavy (non-hydrogen) atoms. The number of hydrogen-bond acceptors (Lipinski definition) is 4. The molecule has 2 aromatic carbocycles. The van der Waals surface area contributed by atoms with Crippen molar-refractivity contribution in [3.05, 3.63) is 65.5 Å². The van der Waals surface area contributed by atoms with Crippen LogP contribution in [0, 0.1) is 11.6 Å². The molecule has 3 aromatic rings. The number of amides is 2. The molecule has 1 aliphatic rings. The topological polar surface area (TPSA) is 79.3 Å². The van der Waals surface area contributed by atoms with Crippen LogP contribution in [0.15, 0.2) is 42.5 Å². The Hall–Kier alpha value is -3.33. The van der Waals surface area contributed by atoms with E-state index in [1.165, 1.54) is 12.1 Å². The molecule has 2 amide bonds. The van der Waals surface area contributed by atoms with Gasteiger partial charge in [-0.05, 0) is 18.2 Å². The molecule has 2 heterocycles. The van der Waals surface area contributed by atoms with Gasteiger partial charge in [0.2, 0.25) is 11.8 Å². The molecule has 9 heteroatoms. The number of carbonyl (C=O) groups is 2. The minimum Gasteiger partial charge on any atom is -0.353 e. The van der Waals surface area contributed by atoms with Crippen LogP contribution in [0.2, 0.25) is 0 Å². The molecule has 0 radical (unpaired) electrons. The maximum Gasteiger partial charge on any atom is 0.237 e. The summed E-state index contributed by atoms with van der Waals surface area (Å²) in [4.78, 5) is 31.2. The molecule has 1 saturated heterocycles. The summed E-state index contributed by atoms with van der Waals surface area (Å²) in [6.45, 7) is 1.08. The number of piperazine rings is 1. The second-order valence-corrected chi connectivity index (χ2v) is 7.55. The number of rotatable bonds is 6. The number of nitrogens with zero attached hydrogens (tertiary/aromatic N) is 3. The van der Waals surface area contributed by atoms with E-state index in [1.54, 1.807) is 4.90 Å². The van der Waals surface area contributed by atoms with Crippen LogP contribution < -0.4 is 10.6 Å². The second kappa shape index (κ2) is 8.81. The van der Waals surface area contributed by atoms with Gasteiger partial charge in [-0.3, -0.25) is 14.5 Å². The zero-order valence-corrected chi connectivity index (χ0v) is 17.1. The number of imidazole rings is 1. The third kappa shape index (κ3) is 4.41. The van der Waals surface area contributed by atoms with Crippen LogP contribution in [-0.2, 0) is 29.7 Å². The number of aryl methyl sites for hydroxylation is 1. The Morgan fingerprint density at radius 3 is 2.84 bits per heavy atom. The molecule has 0 saturated carbocycles. The first-order valence-electron chi connectivity index (χ1n) is 10.1. The molecule has 0 aliphatic carbocycles. The molecule has 7 nitrogen and oxygen atoms in total. The normalized spacial score (nSPS) is 17.0. The van der Waals surface area contributed by atoms with E-state index in [0.717, 1.165) is 17.1 Å². The van der Waals surface area contributed by atoms with Crippen molar-refractivity contribution in [2.75, 3.05) is 13.1 Å². The van der Waals surface area contributed by atoms with E-state index in [1.807, 2.05) is 35.9 Å². The van der Waals surface area contributed by atoms with Gasteiger partial charge in [-0.2, -0.15) is 0 Å². The van der Waals surface area contributed by atoms with E-state index >= 15 is 0 Å². The van der Waals surface area contributed by atoms with Crippen LogP contribution in [0.25, 0.3) is 11.0 Å². The van der Waals surface area contributed by atoms with E-state index in [-0.39, 0.29) is 36.9 Å². The predicted octanol–water partition coefficient (Wildman–Crippen LogP) is 1.86. The number of aromatic nitrogens is 2. The van der Waals surface area contributed by atoms with Gasteiger partial charge in [-0.1, -0.05) is 24.3 Å². The van der Waals surface area contributed by atoms with E-state index in [9.17, 15) is 18.4 Å². The molecule has 1 fully saturated rings. The summed E-state index contributed by atoms with van der Waals surface area (Å²) >= 11 is 0. The van der Waals surface area contributed by atoms with Gasteiger partial charge in [0, 0.05) is 32.2 Å². The van der Waals surface area contributed by atoms with Crippen LogP contribution in [0.4, 0.5) is 8.78 Å². The van der Waals surface area contributed by atoms with E-state index in [4.69, 9.17) is 0 Å². The van der Waals surface area contributed by atoms with Crippen LogP contribution >= 0.6 is 0 Å². The number of benzene rings is 2. The van der Waals surface area contributed by atoms with E-state index < -0.39 is 17.7 Å². The summed E-state index contributed by atoms with van der Waals surface area (Å²) in [5, 5.41) is 5.55. The van der Waals surface area contributed by atoms with E-state index in [0.29, 0.717) is 18.9 Å². The van der Waals surface area contributed by atoms with Gasteiger partial charge in [-0.25, -0.2) is 13.8 Å². The van der Waals surface area contributed by atoms with Gasteiger partial charge in [-0.15, -0.1) is 0 Å². The van der Waals surface area contributed by atoms with Crippen molar-refractivity contribution < 1.29 is 18.4 Å². The second-order valence-electron chi connectivity index (χ2n) is 7.55. The number of para-hydroxylation sites is 2. The lowest BCUT2D eigenvalue weighted by molar-refractivity contribution is -0.134. The molecular formula is C22H23F2N5O2. The molecule has 0 bridgehead atoms. The molecule has 1 aromatic heterocycles. The Kier molecular flexibility index (Phi) is 5.94. The average molecular weight is 427 g/mol. The Morgan fingerprint density at radius 1 is 1.23 bits per heavy atom. The van der Waals surface area contributed by atoms with Gasteiger partial charge in [0.15, 0.2) is 11.6 Å². The van der Waals surface area contributed by atoms with Crippen molar-refractivity contribution in [3.63, 3.8) is 0 Å². The smallest absolute Gasteiger partial charge is 0.237 e. The third-order valence-electron chi connectivity index (χ3n) is 5.55. The standard InChI is InChI=1S/C22H23F2N5O2/c1-28-17-8-3-2-7-16(17)27-19(28)12-26-20(30)11-18-22(31)25-9-10-29(18)13-14-5-4-6-15(23)21(14)24/h2-8,18H,9-13H2,1H3,(H,25,31)(H,26,30). The number of nitrogens with one attached hydrogen (secondary N) is 2. The van der Waals surface area contributed by atoms with Crippen molar-refractivity contribution >= 4 is 22.8 Å². The maximum atomic E-state index is 14.1. The molecule has 4 rings (SSSR count). The summed E-state index contributed by atoms with van der Waals surface area (Å²) in [6, 6.07) is 10.9. The van der Waals surface area contributed by atoms with Gasteiger partial charge < -0.3 is 15.2 Å². The minimum atomic E-state index is -0.935. The number of halogens is 2. The number of hydrogen-bond donors (Lipinski definition) is 2. The third-order valence-corrected chi connectivity index (χ3v) is 5.55. The van der Waals surface area contributed by atoms with Crippen molar-refractivity contribution in [1.29, 1.82) is 0 Å². The van der Waals surface area contributed by atoms with Crippen molar-refractivity contribution in [2.45, 2.75) is 25.6 Å². The fourth-order valence-corrected chi connectivity index (χ4v) is 3.84. The molecular weight excluding hydrogens is 404 g/mol. The molecule has 1 aliphatic heterocycles. The molecule has 1 unspecified atom stereocenters. The summed E-state index contributed by atoms with van der Waals surface area (Å²) in [6.07, 6.45) is -0.0906. The van der Waals surface area contributed by atoms with Crippen molar-refractivity contribution in [1.82, 2.24) is 25.1 Å². The highest BCUT2D eigenvalue weighted by Gasteiger charge is 2.32. The summed E-state index contributed by atoms with van der Waals surface area (Å²) < 4.78 is 29.5. The van der Waals surface area contributed by atoms with Gasteiger partial charge in [0.1, 0.15) is 5.82 Å². The quantitative estimate of drug-likeness (QED) is 0.630. The fraction of sp³-hybridized carbons (Fsp3) is 0.318. The molecule has 162 valence electrons. The van der Waals surface area contributed by atoms with Crippen molar-refractivity contribution in [3.8, 4) is 0 Å². The summed E-state index contributed by atoms with van der Waals surface area (Å²) in [5.74, 6) is -1.80. The Morgan fingerprint density at radius 2 is 2.03 bits per heavy atom.